The summed E-state index contributed by atoms with van der Waals surface area (Å²) in [6.45, 7) is 11.3. The molecule has 12 nitrogen and oxygen atoms in total. The Morgan fingerprint density at radius 2 is 1.93 bits per heavy atom. The number of hydrogen-bond donors (Lipinski definition) is 1. The summed E-state index contributed by atoms with van der Waals surface area (Å²) in [5.41, 5.74) is 2.28. The lowest BCUT2D eigenvalue weighted by Gasteiger charge is -2.35. The highest BCUT2D eigenvalue weighted by atomic mass is 16.6. The summed E-state index contributed by atoms with van der Waals surface area (Å²) in [6.07, 6.45) is -2.45. The fraction of sp³-hybridized carbons (Fsp3) is 0.379. The van der Waals surface area contributed by atoms with E-state index in [1.165, 1.54) is 9.80 Å². The van der Waals surface area contributed by atoms with Gasteiger partial charge in [-0.05, 0) is 42.3 Å². The smallest absolute Gasteiger partial charge is 0.303 e. The number of piperazine rings is 1. The third kappa shape index (κ3) is 6.53. The lowest BCUT2D eigenvalue weighted by Crippen LogP contribution is -2.56. The number of carbonyl (C=O) groups excluding carboxylic acids is 5. The lowest BCUT2D eigenvalue weighted by atomic mass is 10.1. The molecule has 0 unspecified atom stereocenters. The van der Waals surface area contributed by atoms with Gasteiger partial charge in [-0.3, -0.25) is 24.0 Å². The average molecular weight is 562 g/mol. The second kappa shape index (κ2) is 12.6. The molecule has 214 valence electrons. The molecule has 12 heteroatoms. The summed E-state index contributed by atoms with van der Waals surface area (Å²) >= 11 is 0. The summed E-state index contributed by atoms with van der Waals surface area (Å²) in [6, 6.07) is 11.2. The Kier molecular flexibility index (Phi) is 8.99. The highest BCUT2D eigenvalue weighted by molar-refractivity contribution is 6.05. The Morgan fingerprint density at radius 1 is 1.15 bits per heavy atom. The van der Waals surface area contributed by atoms with E-state index in [2.05, 4.69) is 10.2 Å². The molecule has 0 radical (unpaired) electrons. The molecule has 0 spiro atoms. The maximum Gasteiger partial charge on any atom is 0.303 e. The molecule has 2 heterocycles. The Morgan fingerprint density at radius 3 is 2.61 bits per heavy atom. The number of nitrogens with zero attached hydrogens (tertiary/aromatic N) is 4. The van der Waals surface area contributed by atoms with Crippen LogP contribution in [0.2, 0.25) is 0 Å². The van der Waals surface area contributed by atoms with Crippen LogP contribution in [0.25, 0.3) is 4.85 Å². The first kappa shape index (κ1) is 29.2. The van der Waals surface area contributed by atoms with Crippen LogP contribution in [0.1, 0.15) is 29.8 Å². The summed E-state index contributed by atoms with van der Waals surface area (Å²) in [5, 5.41) is 2.66. The second-order valence-corrected chi connectivity index (χ2v) is 9.70. The van der Waals surface area contributed by atoms with E-state index in [9.17, 15) is 24.0 Å². The summed E-state index contributed by atoms with van der Waals surface area (Å²) in [4.78, 5) is 71.9. The topological polar surface area (TPSA) is 130 Å². The molecule has 2 aromatic rings. The Balaban J connectivity index is 1.54. The number of aryl methyl sites for hydroxylation is 1. The van der Waals surface area contributed by atoms with Gasteiger partial charge < -0.3 is 29.5 Å². The van der Waals surface area contributed by atoms with Crippen molar-refractivity contribution >= 4 is 46.7 Å². The number of likely N-dealkylation sites (N-methyl/N-ethyl adjacent to an activating group) is 1. The highest BCUT2D eigenvalue weighted by Crippen LogP contribution is 2.26. The first-order valence-electron chi connectivity index (χ1n) is 13.2. The number of morpholine rings is 1. The van der Waals surface area contributed by atoms with Crippen molar-refractivity contribution in [3.63, 3.8) is 0 Å². The van der Waals surface area contributed by atoms with Gasteiger partial charge in [0.1, 0.15) is 6.54 Å². The van der Waals surface area contributed by atoms with Crippen molar-refractivity contribution in [2.24, 2.45) is 0 Å². The SMILES string of the molecule is [C-]#[N+]c1ccc(NC(=O)[C@H](OC(C)=O)[C@H]2OCCN(c3cccc(C(=O)N4CCN(C)C(=O)C4)c3)C2=O)cc1CC. The maximum absolute atomic E-state index is 13.6. The van der Waals surface area contributed by atoms with Gasteiger partial charge in [0.2, 0.25) is 12.0 Å². The third-order valence-corrected chi connectivity index (χ3v) is 6.95. The van der Waals surface area contributed by atoms with Crippen LogP contribution in [0, 0.1) is 6.57 Å². The van der Waals surface area contributed by atoms with Crippen LogP contribution in [0.4, 0.5) is 17.1 Å². The Labute approximate surface area is 237 Å². The molecule has 2 aliphatic rings. The van der Waals surface area contributed by atoms with E-state index in [0.717, 1.165) is 12.5 Å². The molecule has 2 fully saturated rings. The van der Waals surface area contributed by atoms with E-state index in [-0.39, 0.29) is 31.5 Å². The van der Waals surface area contributed by atoms with E-state index in [1.54, 1.807) is 54.4 Å². The molecule has 4 amide bonds. The molecule has 0 saturated carbocycles. The minimum Gasteiger partial charge on any atom is -0.449 e. The van der Waals surface area contributed by atoms with Crippen molar-refractivity contribution in [1.82, 2.24) is 9.80 Å². The predicted octanol–water partition coefficient (Wildman–Crippen LogP) is 2.02. The predicted molar refractivity (Wildman–Crippen MR) is 148 cm³/mol. The molecular weight excluding hydrogens is 530 g/mol. The number of nitrogens with one attached hydrogen (secondary N) is 1. The zero-order chi connectivity index (χ0) is 29.7. The number of carbonyl (C=O) groups is 5. The van der Waals surface area contributed by atoms with E-state index >= 15 is 0 Å². The van der Waals surface area contributed by atoms with Gasteiger partial charge in [0.25, 0.3) is 17.7 Å². The molecule has 4 rings (SSSR count). The van der Waals surface area contributed by atoms with Gasteiger partial charge in [-0.25, -0.2) is 4.85 Å². The number of ether oxygens (including phenoxy) is 2. The quantitative estimate of drug-likeness (QED) is 0.404. The molecule has 2 aliphatic heterocycles. The molecule has 0 aromatic heterocycles. The van der Waals surface area contributed by atoms with Crippen molar-refractivity contribution in [1.29, 1.82) is 0 Å². The van der Waals surface area contributed by atoms with Gasteiger partial charge in [0, 0.05) is 50.5 Å². The average Bonchev–Trinajstić information content (AvgIpc) is 2.97. The standard InChI is InChI=1S/C29H31N5O7/c1-5-19-15-21(9-10-23(19)30-3)31-27(37)25(41-18(2)35)26-29(39)34(13-14-40-26)22-8-6-7-20(16-22)28(38)33-12-11-32(4)24(36)17-33/h6-10,15-16,25-26H,5,11-14,17H2,1-2,4H3,(H,31,37)/t25-,26-/m1/s1. The van der Waals surface area contributed by atoms with Crippen LogP contribution in [-0.2, 0) is 35.1 Å². The van der Waals surface area contributed by atoms with Crippen LogP contribution in [0.3, 0.4) is 0 Å². The van der Waals surface area contributed by atoms with Gasteiger partial charge in [0.05, 0.1) is 13.2 Å². The Bertz CT molecular complexity index is 1420. The maximum atomic E-state index is 13.6. The first-order chi connectivity index (χ1) is 19.6. The van der Waals surface area contributed by atoms with Crippen LogP contribution in [0.5, 0.6) is 0 Å². The molecule has 2 saturated heterocycles. The number of amides is 4. The molecule has 0 aliphatic carbocycles. The number of benzene rings is 2. The molecule has 41 heavy (non-hydrogen) atoms. The van der Waals surface area contributed by atoms with Gasteiger partial charge in [-0.2, -0.15) is 0 Å². The summed E-state index contributed by atoms with van der Waals surface area (Å²) < 4.78 is 10.9. The normalized spacial score (nSPS) is 18.0. The van der Waals surface area contributed by atoms with Crippen LogP contribution >= 0.6 is 0 Å². The molecular formula is C29H31N5O7. The Hall–Kier alpha value is -4.76. The van der Waals surface area contributed by atoms with E-state index in [1.807, 2.05) is 6.92 Å². The number of rotatable bonds is 7. The monoisotopic (exact) mass is 561 g/mol. The fourth-order valence-electron chi connectivity index (χ4n) is 4.70. The third-order valence-electron chi connectivity index (χ3n) is 6.95. The van der Waals surface area contributed by atoms with E-state index in [0.29, 0.717) is 42.1 Å². The highest BCUT2D eigenvalue weighted by Gasteiger charge is 2.43. The van der Waals surface area contributed by atoms with Gasteiger partial charge in [-0.15, -0.1) is 0 Å². The summed E-state index contributed by atoms with van der Waals surface area (Å²) in [5.74, 6) is -2.64. The van der Waals surface area contributed by atoms with Gasteiger partial charge >= 0.3 is 5.97 Å². The van der Waals surface area contributed by atoms with Crippen molar-refractivity contribution in [2.45, 2.75) is 32.5 Å². The number of esters is 1. The molecule has 0 bridgehead atoms. The van der Waals surface area contributed by atoms with Gasteiger partial charge in [-0.1, -0.05) is 19.1 Å². The van der Waals surface area contributed by atoms with Crippen molar-refractivity contribution in [2.75, 3.05) is 50.1 Å². The van der Waals surface area contributed by atoms with Crippen molar-refractivity contribution in [3.05, 3.63) is 65.0 Å². The molecule has 1 N–H and O–H groups in total. The first-order valence-corrected chi connectivity index (χ1v) is 13.2. The zero-order valence-electron chi connectivity index (χ0n) is 23.1. The van der Waals surface area contributed by atoms with E-state index < -0.39 is 30.0 Å². The fourth-order valence-corrected chi connectivity index (χ4v) is 4.70. The minimum absolute atomic E-state index is 0.0301. The number of anilines is 2. The minimum atomic E-state index is -1.59. The van der Waals surface area contributed by atoms with Crippen LogP contribution in [-0.4, -0.2) is 91.4 Å². The molecule has 2 atom stereocenters. The second-order valence-electron chi connectivity index (χ2n) is 9.70. The zero-order valence-corrected chi connectivity index (χ0v) is 23.1. The van der Waals surface area contributed by atoms with E-state index in [4.69, 9.17) is 16.0 Å². The van der Waals surface area contributed by atoms with Crippen LogP contribution < -0.4 is 10.2 Å². The van der Waals surface area contributed by atoms with Crippen LogP contribution in [0.15, 0.2) is 42.5 Å². The summed E-state index contributed by atoms with van der Waals surface area (Å²) in [7, 11) is 1.68. The van der Waals surface area contributed by atoms with Crippen molar-refractivity contribution in [3.8, 4) is 0 Å². The van der Waals surface area contributed by atoms with Gasteiger partial charge in [0.15, 0.2) is 11.8 Å². The largest absolute Gasteiger partial charge is 0.449 e. The lowest BCUT2D eigenvalue weighted by molar-refractivity contribution is -0.167. The number of hydrogen-bond acceptors (Lipinski definition) is 7. The van der Waals surface area contributed by atoms with Crippen molar-refractivity contribution < 1.29 is 33.4 Å². The molecule has 2 aromatic carbocycles.